The van der Waals surface area contributed by atoms with Gasteiger partial charge in [0.05, 0.1) is 11.7 Å². The van der Waals surface area contributed by atoms with Crippen LogP contribution in [0.5, 0.6) is 0 Å². The molecule has 0 aliphatic heterocycles. The topological polar surface area (TPSA) is 38.9 Å². The van der Waals surface area contributed by atoms with E-state index in [1.54, 1.807) is 19.1 Å². The highest BCUT2D eigenvalue weighted by molar-refractivity contribution is 9.10. The fraction of sp³-hybridized carbons (Fsp3) is 0.154. The van der Waals surface area contributed by atoms with E-state index in [-0.39, 0.29) is 5.56 Å². The molecule has 0 aliphatic rings. The first-order valence-electron chi connectivity index (χ1n) is 5.33. The summed E-state index contributed by atoms with van der Waals surface area (Å²) < 4.78 is 28.3. The highest BCUT2D eigenvalue weighted by Crippen LogP contribution is 2.29. The number of benzene rings is 1. The van der Waals surface area contributed by atoms with E-state index in [1.807, 2.05) is 0 Å². The monoisotopic (exact) mass is 312 g/mol. The SMILES string of the molecule is Cc1ccc(F)c(C(N)c2ncccc2Br)c1F. The summed E-state index contributed by atoms with van der Waals surface area (Å²) >= 11 is 3.27. The van der Waals surface area contributed by atoms with E-state index in [1.165, 1.54) is 18.3 Å². The van der Waals surface area contributed by atoms with Gasteiger partial charge in [-0.3, -0.25) is 4.98 Å². The molecule has 18 heavy (non-hydrogen) atoms. The molecule has 2 nitrogen and oxygen atoms in total. The maximum atomic E-state index is 14.0. The molecule has 2 aromatic rings. The molecule has 0 saturated heterocycles. The van der Waals surface area contributed by atoms with E-state index in [0.717, 1.165) is 0 Å². The second kappa shape index (κ2) is 5.12. The van der Waals surface area contributed by atoms with Gasteiger partial charge in [0.2, 0.25) is 0 Å². The van der Waals surface area contributed by atoms with Crippen molar-refractivity contribution >= 4 is 15.9 Å². The first kappa shape index (κ1) is 13.1. The average Bonchev–Trinajstić information content (AvgIpc) is 2.35. The van der Waals surface area contributed by atoms with Gasteiger partial charge in [-0.1, -0.05) is 6.07 Å². The Balaban J connectivity index is 2.56. The lowest BCUT2D eigenvalue weighted by Gasteiger charge is -2.15. The van der Waals surface area contributed by atoms with Crippen LogP contribution >= 0.6 is 15.9 Å². The molecule has 94 valence electrons. The first-order valence-corrected chi connectivity index (χ1v) is 6.12. The normalized spacial score (nSPS) is 12.5. The number of nitrogens with two attached hydrogens (primary N) is 1. The summed E-state index contributed by atoms with van der Waals surface area (Å²) in [5.74, 6) is -1.29. The van der Waals surface area contributed by atoms with Crippen molar-refractivity contribution in [3.63, 3.8) is 0 Å². The van der Waals surface area contributed by atoms with Crippen LogP contribution in [0.15, 0.2) is 34.9 Å². The number of hydrogen-bond donors (Lipinski definition) is 1. The molecule has 1 aromatic heterocycles. The molecule has 0 amide bonds. The van der Waals surface area contributed by atoms with Crippen molar-refractivity contribution in [2.24, 2.45) is 5.73 Å². The minimum absolute atomic E-state index is 0.158. The first-order chi connectivity index (χ1) is 8.52. The molecule has 0 spiro atoms. The summed E-state index contributed by atoms with van der Waals surface area (Å²) in [6.45, 7) is 1.57. The highest BCUT2D eigenvalue weighted by Gasteiger charge is 2.22. The number of halogens is 3. The Morgan fingerprint density at radius 2 is 2.00 bits per heavy atom. The predicted octanol–water partition coefficient (Wildman–Crippen LogP) is 3.48. The van der Waals surface area contributed by atoms with Gasteiger partial charge in [0, 0.05) is 16.2 Å². The Labute approximate surface area is 112 Å². The van der Waals surface area contributed by atoms with E-state index < -0.39 is 17.7 Å². The largest absolute Gasteiger partial charge is 0.319 e. The van der Waals surface area contributed by atoms with Crippen LogP contribution in [0.1, 0.15) is 22.9 Å². The van der Waals surface area contributed by atoms with E-state index in [4.69, 9.17) is 5.73 Å². The van der Waals surface area contributed by atoms with Gasteiger partial charge in [-0.2, -0.15) is 0 Å². The summed E-state index contributed by atoms with van der Waals surface area (Å²) in [4.78, 5) is 4.06. The van der Waals surface area contributed by atoms with Crippen molar-refractivity contribution in [1.82, 2.24) is 4.98 Å². The summed E-state index contributed by atoms with van der Waals surface area (Å²) in [5.41, 5.74) is 6.52. The fourth-order valence-corrected chi connectivity index (χ4v) is 2.23. The fourth-order valence-electron chi connectivity index (χ4n) is 1.73. The molecule has 0 radical (unpaired) electrons. The van der Waals surface area contributed by atoms with Crippen LogP contribution in [0.25, 0.3) is 0 Å². The molecular formula is C13H11BrF2N2. The zero-order chi connectivity index (χ0) is 13.3. The van der Waals surface area contributed by atoms with Gasteiger partial charge < -0.3 is 5.73 Å². The third-order valence-corrected chi connectivity index (χ3v) is 3.38. The number of aromatic nitrogens is 1. The number of pyridine rings is 1. The molecule has 0 aliphatic carbocycles. The molecule has 1 atom stereocenters. The van der Waals surface area contributed by atoms with Gasteiger partial charge in [0.15, 0.2) is 0 Å². The molecule has 0 bridgehead atoms. The van der Waals surface area contributed by atoms with Gasteiger partial charge >= 0.3 is 0 Å². The Bertz CT molecular complexity index is 587. The molecule has 0 saturated carbocycles. The molecule has 1 unspecified atom stereocenters. The predicted molar refractivity (Wildman–Crippen MR) is 69.1 cm³/mol. The van der Waals surface area contributed by atoms with Crippen LogP contribution < -0.4 is 5.73 Å². The Kier molecular flexibility index (Phi) is 3.73. The van der Waals surface area contributed by atoms with Gasteiger partial charge in [0.25, 0.3) is 0 Å². The van der Waals surface area contributed by atoms with E-state index in [9.17, 15) is 8.78 Å². The lowest BCUT2D eigenvalue weighted by atomic mass is 10.0. The maximum Gasteiger partial charge on any atom is 0.134 e. The zero-order valence-corrected chi connectivity index (χ0v) is 11.2. The molecule has 2 N–H and O–H groups in total. The minimum Gasteiger partial charge on any atom is -0.319 e. The van der Waals surface area contributed by atoms with Crippen LogP contribution in [0.3, 0.4) is 0 Å². The van der Waals surface area contributed by atoms with Gasteiger partial charge in [-0.15, -0.1) is 0 Å². The van der Waals surface area contributed by atoms with Crippen LogP contribution in [0.4, 0.5) is 8.78 Å². The van der Waals surface area contributed by atoms with Crippen molar-refractivity contribution in [3.05, 3.63) is 63.4 Å². The van der Waals surface area contributed by atoms with Crippen molar-refractivity contribution in [2.75, 3.05) is 0 Å². The second-order valence-electron chi connectivity index (χ2n) is 3.94. The van der Waals surface area contributed by atoms with Crippen molar-refractivity contribution in [2.45, 2.75) is 13.0 Å². The standard InChI is InChI=1S/C13H11BrF2N2/c1-7-4-5-9(15)10(11(7)16)12(17)13-8(14)3-2-6-18-13/h2-6,12H,17H2,1H3. The number of aryl methyl sites for hydroxylation is 1. The lowest BCUT2D eigenvalue weighted by molar-refractivity contribution is 0.535. The van der Waals surface area contributed by atoms with Gasteiger partial charge in [0.1, 0.15) is 11.6 Å². The van der Waals surface area contributed by atoms with Gasteiger partial charge in [-0.25, -0.2) is 8.78 Å². The van der Waals surface area contributed by atoms with Crippen molar-refractivity contribution in [3.8, 4) is 0 Å². The third kappa shape index (κ3) is 2.28. The minimum atomic E-state index is -0.944. The third-order valence-electron chi connectivity index (χ3n) is 2.71. The summed E-state index contributed by atoms with van der Waals surface area (Å²) in [6, 6.07) is 5.09. The quantitative estimate of drug-likeness (QED) is 0.922. The molecule has 1 heterocycles. The van der Waals surface area contributed by atoms with Crippen LogP contribution in [-0.2, 0) is 0 Å². The lowest BCUT2D eigenvalue weighted by Crippen LogP contribution is -2.18. The van der Waals surface area contributed by atoms with Crippen molar-refractivity contribution < 1.29 is 8.78 Å². The van der Waals surface area contributed by atoms with Crippen LogP contribution in [0.2, 0.25) is 0 Å². The Morgan fingerprint density at radius 3 is 2.67 bits per heavy atom. The maximum absolute atomic E-state index is 14.0. The van der Waals surface area contributed by atoms with E-state index in [2.05, 4.69) is 20.9 Å². The number of nitrogens with zero attached hydrogens (tertiary/aromatic N) is 1. The highest BCUT2D eigenvalue weighted by atomic mass is 79.9. The average molecular weight is 313 g/mol. The second-order valence-corrected chi connectivity index (χ2v) is 4.79. The zero-order valence-electron chi connectivity index (χ0n) is 9.62. The number of hydrogen-bond acceptors (Lipinski definition) is 2. The van der Waals surface area contributed by atoms with Crippen molar-refractivity contribution in [1.29, 1.82) is 0 Å². The molecule has 0 fully saturated rings. The summed E-state index contributed by atoms with van der Waals surface area (Å²) in [5, 5.41) is 0. The van der Waals surface area contributed by atoms with Crippen LogP contribution in [-0.4, -0.2) is 4.98 Å². The summed E-state index contributed by atoms with van der Waals surface area (Å²) in [7, 11) is 0. The molecule has 1 aromatic carbocycles. The van der Waals surface area contributed by atoms with Crippen LogP contribution in [0, 0.1) is 18.6 Å². The van der Waals surface area contributed by atoms with Gasteiger partial charge in [-0.05, 0) is 46.6 Å². The Morgan fingerprint density at radius 1 is 1.28 bits per heavy atom. The smallest absolute Gasteiger partial charge is 0.134 e. The van der Waals surface area contributed by atoms with E-state index >= 15 is 0 Å². The molecule has 5 heteroatoms. The molecule has 2 rings (SSSR count). The molecular weight excluding hydrogens is 302 g/mol. The number of rotatable bonds is 2. The van der Waals surface area contributed by atoms with E-state index in [0.29, 0.717) is 15.7 Å². The Hall–Kier alpha value is -1.33. The summed E-state index contributed by atoms with van der Waals surface area (Å²) in [6.07, 6.45) is 1.53.